The van der Waals surface area contributed by atoms with E-state index in [-0.39, 0.29) is 5.41 Å². The molecule has 6 aromatic carbocycles. The van der Waals surface area contributed by atoms with Crippen LogP contribution in [-0.2, 0) is 5.41 Å². The lowest BCUT2D eigenvalue weighted by molar-refractivity contribution is 0.0780. The molecule has 1 aromatic heterocycles. The van der Waals surface area contributed by atoms with Gasteiger partial charge >= 0.3 is 0 Å². The van der Waals surface area contributed by atoms with Crippen molar-refractivity contribution in [3.8, 4) is 73.6 Å². The van der Waals surface area contributed by atoms with E-state index < -0.39 is 0 Å². The molecule has 1 heterocycles. The monoisotopic (exact) mass is 712 g/mol. The van der Waals surface area contributed by atoms with Crippen molar-refractivity contribution in [2.75, 3.05) is 0 Å². The van der Waals surface area contributed by atoms with Gasteiger partial charge < -0.3 is 0 Å². The molecule has 2 bridgehead atoms. The summed E-state index contributed by atoms with van der Waals surface area (Å²) in [4.78, 5) is 15.3. The van der Waals surface area contributed by atoms with Crippen molar-refractivity contribution in [1.82, 2.24) is 15.0 Å². The molecular weight excluding hydrogens is 669 g/mol. The van der Waals surface area contributed by atoms with Gasteiger partial charge in [0.1, 0.15) is 6.07 Å². The van der Waals surface area contributed by atoms with Crippen molar-refractivity contribution in [3.05, 3.63) is 163 Å². The minimum Gasteiger partial charge on any atom is -0.208 e. The lowest BCUT2D eigenvalue weighted by atomic mass is 9.54. The van der Waals surface area contributed by atoms with Crippen molar-refractivity contribution >= 4 is 0 Å². The minimum absolute atomic E-state index is 0.237. The SMILES string of the molecule is C[C@@H]1CC2C[C@H](C)CC(c3ccc(-c4cc(-c5nc(-c6ccccc6)nc(-c6cccc(-c7ccccc7)c6)n5)cc(-c5ccccc5)c4C#N)cc3)(C2)C1. The van der Waals surface area contributed by atoms with Gasteiger partial charge in [0, 0.05) is 27.8 Å². The van der Waals surface area contributed by atoms with E-state index in [1.165, 1.54) is 37.7 Å². The second kappa shape index (κ2) is 14.6. The summed E-state index contributed by atoms with van der Waals surface area (Å²) in [6.45, 7) is 4.88. The fourth-order valence-electron chi connectivity index (χ4n) is 9.84. The van der Waals surface area contributed by atoms with Crippen LogP contribution < -0.4 is 0 Å². The first kappa shape index (κ1) is 34.6. The van der Waals surface area contributed by atoms with Gasteiger partial charge in [-0.05, 0) is 101 Å². The third-order valence-electron chi connectivity index (χ3n) is 11.9. The molecule has 0 radical (unpaired) electrons. The molecule has 2 fully saturated rings. The highest BCUT2D eigenvalue weighted by atomic mass is 15.0. The summed E-state index contributed by atoms with van der Waals surface area (Å²) in [6, 6.07) is 55.0. The summed E-state index contributed by atoms with van der Waals surface area (Å²) >= 11 is 0. The number of rotatable bonds is 7. The van der Waals surface area contributed by atoms with Gasteiger partial charge in [0.25, 0.3) is 0 Å². The number of aromatic nitrogens is 3. The molecule has 2 aliphatic rings. The Kier molecular flexibility index (Phi) is 9.16. The smallest absolute Gasteiger partial charge is 0.164 e. The van der Waals surface area contributed by atoms with E-state index in [4.69, 9.17) is 15.0 Å². The summed E-state index contributed by atoms with van der Waals surface area (Å²) in [6.07, 6.45) is 6.51. The molecule has 0 N–H and O–H groups in total. The number of fused-ring (bicyclic) bond motifs is 2. The van der Waals surface area contributed by atoms with Crippen molar-refractivity contribution in [2.24, 2.45) is 17.8 Å². The summed E-state index contributed by atoms with van der Waals surface area (Å²) in [5, 5.41) is 10.8. The van der Waals surface area contributed by atoms with Gasteiger partial charge in [-0.25, -0.2) is 15.0 Å². The van der Waals surface area contributed by atoms with Crippen LogP contribution in [-0.4, -0.2) is 15.0 Å². The fraction of sp³-hybridized carbons (Fsp3) is 0.216. The molecule has 4 atom stereocenters. The molecule has 7 aromatic rings. The first-order chi connectivity index (χ1) is 26.9. The summed E-state index contributed by atoms with van der Waals surface area (Å²) in [5.74, 6) is 4.06. The maximum Gasteiger partial charge on any atom is 0.164 e. The number of hydrogen-bond donors (Lipinski definition) is 0. The molecule has 2 aliphatic carbocycles. The molecule has 2 unspecified atom stereocenters. The third kappa shape index (κ3) is 6.88. The van der Waals surface area contributed by atoms with E-state index in [9.17, 15) is 5.26 Å². The standard InChI is InChI=1S/C51H44N4/c1-34-25-36-26-35(2)31-51(30-34,32-36)44-23-21-39(22-24-44)46-29-43(28-45(47(46)33-52)38-15-8-4-9-16-38)50-54-48(40-17-10-5-11-18-40)53-49(55-50)42-20-12-19-41(27-42)37-13-6-3-7-14-37/h3-24,27-29,34-36H,25-26,30-32H2,1-2H3/t34-,35+,36?,51?. The first-order valence-electron chi connectivity index (χ1n) is 19.7. The zero-order valence-corrected chi connectivity index (χ0v) is 31.5. The van der Waals surface area contributed by atoms with E-state index in [1.54, 1.807) is 0 Å². The second-order valence-electron chi connectivity index (χ2n) is 16.1. The van der Waals surface area contributed by atoms with Gasteiger partial charge in [-0.2, -0.15) is 5.26 Å². The highest BCUT2D eigenvalue weighted by molar-refractivity contribution is 5.87. The molecule has 4 nitrogen and oxygen atoms in total. The van der Waals surface area contributed by atoms with E-state index in [0.717, 1.165) is 67.8 Å². The van der Waals surface area contributed by atoms with Crippen molar-refractivity contribution in [2.45, 2.75) is 51.4 Å². The normalized spacial score (nSPS) is 20.4. The molecule has 2 saturated carbocycles. The zero-order valence-electron chi connectivity index (χ0n) is 31.5. The topological polar surface area (TPSA) is 62.5 Å². The summed E-state index contributed by atoms with van der Waals surface area (Å²) in [5.41, 5.74) is 10.9. The van der Waals surface area contributed by atoms with Gasteiger partial charge in [-0.15, -0.1) is 0 Å². The Morgan fingerprint density at radius 2 is 0.945 bits per heavy atom. The average Bonchev–Trinajstić information content (AvgIpc) is 3.23. The highest BCUT2D eigenvalue weighted by Gasteiger charge is 2.45. The number of nitrogens with zero attached hydrogens (tertiary/aromatic N) is 4. The van der Waals surface area contributed by atoms with E-state index in [0.29, 0.717) is 23.0 Å². The lowest BCUT2D eigenvalue weighted by Gasteiger charge is -2.50. The predicted molar refractivity (Wildman–Crippen MR) is 224 cm³/mol. The molecule has 9 rings (SSSR count). The minimum atomic E-state index is 0.237. The third-order valence-corrected chi connectivity index (χ3v) is 11.9. The molecule has 0 spiro atoms. The first-order valence-corrected chi connectivity index (χ1v) is 19.7. The van der Waals surface area contributed by atoms with Crippen LogP contribution in [0, 0.1) is 29.1 Å². The largest absolute Gasteiger partial charge is 0.208 e. The molecule has 268 valence electrons. The van der Waals surface area contributed by atoms with Crippen LogP contribution in [0.5, 0.6) is 0 Å². The Morgan fingerprint density at radius 3 is 1.53 bits per heavy atom. The highest BCUT2D eigenvalue weighted by Crippen LogP contribution is 2.54. The van der Waals surface area contributed by atoms with Gasteiger partial charge in [-0.1, -0.05) is 147 Å². The van der Waals surface area contributed by atoms with E-state index in [1.807, 2.05) is 54.6 Å². The van der Waals surface area contributed by atoms with Crippen LogP contribution in [0.25, 0.3) is 67.5 Å². The van der Waals surface area contributed by atoms with Gasteiger partial charge in [-0.3, -0.25) is 0 Å². The van der Waals surface area contributed by atoms with Gasteiger partial charge in [0.15, 0.2) is 17.5 Å². The van der Waals surface area contributed by atoms with Gasteiger partial charge in [0.05, 0.1) is 5.56 Å². The van der Waals surface area contributed by atoms with Crippen LogP contribution >= 0.6 is 0 Å². The van der Waals surface area contributed by atoms with Crippen LogP contribution in [0.2, 0.25) is 0 Å². The molecule has 0 aliphatic heterocycles. The van der Waals surface area contributed by atoms with Crippen molar-refractivity contribution in [3.63, 3.8) is 0 Å². The van der Waals surface area contributed by atoms with Crippen LogP contribution in [0.4, 0.5) is 0 Å². The Morgan fingerprint density at radius 1 is 0.473 bits per heavy atom. The van der Waals surface area contributed by atoms with E-state index >= 15 is 0 Å². The fourth-order valence-corrected chi connectivity index (χ4v) is 9.84. The maximum atomic E-state index is 10.8. The maximum absolute atomic E-state index is 10.8. The molecular formula is C51H44N4. The Hall–Kier alpha value is -6.18. The molecule has 55 heavy (non-hydrogen) atoms. The predicted octanol–water partition coefficient (Wildman–Crippen LogP) is 12.8. The molecule has 0 saturated heterocycles. The van der Waals surface area contributed by atoms with Crippen LogP contribution in [0.15, 0.2) is 152 Å². The van der Waals surface area contributed by atoms with Crippen LogP contribution in [0.3, 0.4) is 0 Å². The summed E-state index contributed by atoms with van der Waals surface area (Å²) in [7, 11) is 0. The Bertz CT molecular complexity index is 2480. The molecule has 0 amide bonds. The number of hydrogen-bond acceptors (Lipinski definition) is 4. The number of benzene rings is 6. The van der Waals surface area contributed by atoms with Crippen LogP contribution in [0.1, 0.15) is 57.1 Å². The van der Waals surface area contributed by atoms with E-state index in [2.05, 4.69) is 117 Å². The molecule has 4 heteroatoms. The van der Waals surface area contributed by atoms with Crippen molar-refractivity contribution < 1.29 is 0 Å². The Labute approximate surface area is 324 Å². The Balaban J connectivity index is 1.20. The zero-order chi connectivity index (χ0) is 37.4. The van der Waals surface area contributed by atoms with Crippen molar-refractivity contribution in [1.29, 1.82) is 5.26 Å². The quantitative estimate of drug-likeness (QED) is 0.165. The lowest BCUT2D eigenvalue weighted by Crippen LogP contribution is -2.42. The van der Waals surface area contributed by atoms with Gasteiger partial charge in [0.2, 0.25) is 0 Å². The summed E-state index contributed by atoms with van der Waals surface area (Å²) < 4.78 is 0. The average molecular weight is 713 g/mol. The second-order valence-corrected chi connectivity index (χ2v) is 16.1. The number of nitriles is 1.